The van der Waals surface area contributed by atoms with Crippen molar-refractivity contribution in [2.75, 3.05) is 0 Å². The highest BCUT2D eigenvalue weighted by Crippen LogP contribution is 2.30. The molecule has 0 saturated carbocycles. The Balaban J connectivity index is 1.80. The van der Waals surface area contributed by atoms with Gasteiger partial charge in [0.2, 0.25) is 0 Å². The normalized spacial score (nSPS) is 11.1. The predicted octanol–water partition coefficient (Wildman–Crippen LogP) is 7.40. The molecule has 0 saturated heterocycles. The zero-order chi connectivity index (χ0) is 19.2. The fourth-order valence-corrected chi connectivity index (χ4v) is 3.28. The summed E-state index contributed by atoms with van der Waals surface area (Å²) < 4.78 is 6.68. The number of ether oxygens (including phenoxy) is 1. The number of hydrogen-bond donors (Lipinski definition) is 0. The van der Waals surface area contributed by atoms with E-state index in [0.717, 1.165) is 21.3 Å². The maximum Gasteiger partial charge on any atom is 0.134 e. The molecule has 0 fully saturated rings. The molecular weight excluding hydrogens is 445 g/mol. The first-order valence-electron chi connectivity index (χ1n) is 8.10. The van der Waals surface area contributed by atoms with Crippen LogP contribution in [-0.2, 0) is 6.61 Å². The maximum absolute atomic E-state index is 9.50. The number of nitriles is 1. The van der Waals surface area contributed by atoms with E-state index in [9.17, 15) is 5.26 Å². The molecule has 3 aromatic rings. The number of allylic oxidation sites excluding steroid dienone is 1. The summed E-state index contributed by atoms with van der Waals surface area (Å²) in [5.74, 6) is 0.740. The summed E-state index contributed by atoms with van der Waals surface area (Å²) in [6.45, 7) is 0.487. The molecule has 0 heterocycles. The molecule has 134 valence electrons. The fourth-order valence-electron chi connectivity index (χ4n) is 2.47. The van der Waals surface area contributed by atoms with E-state index in [1.165, 1.54) is 0 Å². The van der Waals surface area contributed by atoms with Crippen molar-refractivity contribution in [2.24, 2.45) is 0 Å². The lowest BCUT2D eigenvalue weighted by atomic mass is 10.0. The Morgan fingerprint density at radius 1 is 1.00 bits per heavy atom. The monoisotopic (exact) mass is 457 g/mol. The van der Waals surface area contributed by atoms with Crippen molar-refractivity contribution in [3.63, 3.8) is 0 Å². The zero-order valence-corrected chi connectivity index (χ0v) is 17.2. The third-order valence-corrected chi connectivity index (χ3v) is 5.21. The summed E-state index contributed by atoms with van der Waals surface area (Å²) in [5.41, 5.74) is 3.18. The van der Waals surface area contributed by atoms with Gasteiger partial charge in [0, 0.05) is 0 Å². The molecule has 0 bridgehead atoms. The Morgan fingerprint density at radius 3 is 2.44 bits per heavy atom. The van der Waals surface area contributed by atoms with Crippen molar-refractivity contribution in [1.82, 2.24) is 0 Å². The van der Waals surface area contributed by atoms with Gasteiger partial charge in [-0.1, -0.05) is 65.7 Å². The summed E-state index contributed by atoms with van der Waals surface area (Å²) in [5, 5.41) is 10.4. The van der Waals surface area contributed by atoms with Crippen LogP contribution in [0.5, 0.6) is 5.75 Å². The summed E-state index contributed by atoms with van der Waals surface area (Å²) >= 11 is 15.5. The van der Waals surface area contributed by atoms with Gasteiger partial charge in [0.15, 0.2) is 0 Å². The molecule has 0 aromatic heterocycles. The summed E-state index contributed by atoms with van der Waals surface area (Å²) in [4.78, 5) is 0. The molecule has 2 nitrogen and oxygen atoms in total. The van der Waals surface area contributed by atoms with E-state index in [1.54, 1.807) is 24.3 Å². The highest BCUT2D eigenvalue weighted by atomic mass is 79.9. The largest absolute Gasteiger partial charge is 0.488 e. The molecule has 5 heteroatoms. The molecule has 0 unspecified atom stereocenters. The van der Waals surface area contributed by atoms with Crippen molar-refractivity contribution in [2.45, 2.75) is 6.61 Å². The Kier molecular flexibility index (Phi) is 6.58. The van der Waals surface area contributed by atoms with Gasteiger partial charge in [-0.2, -0.15) is 5.26 Å². The first-order chi connectivity index (χ1) is 13.1. The van der Waals surface area contributed by atoms with E-state index in [0.29, 0.717) is 27.8 Å². The number of rotatable bonds is 5. The van der Waals surface area contributed by atoms with Gasteiger partial charge in [0.05, 0.1) is 26.2 Å². The molecule has 0 aliphatic heterocycles. The quantitative estimate of drug-likeness (QED) is 0.294. The third kappa shape index (κ3) is 5.14. The van der Waals surface area contributed by atoms with E-state index < -0.39 is 0 Å². The average Bonchev–Trinajstić information content (AvgIpc) is 2.68. The van der Waals surface area contributed by atoms with E-state index in [-0.39, 0.29) is 0 Å². The van der Waals surface area contributed by atoms with Gasteiger partial charge < -0.3 is 4.74 Å². The van der Waals surface area contributed by atoms with Gasteiger partial charge in [0.1, 0.15) is 12.4 Å². The van der Waals surface area contributed by atoms with Crippen molar-refractivity contribution < 1.29 is 4.74 Å². The number of hydrogen-bond acceptors (Lipinski definition) is 2. The van der Waals surface area contributed by atoms with E-state index in [2.05, 4.69) is 22.0 Å². The number of benzene rings is 3. The van der Waals surface area contributed by atoms with Gasteiger partial charge in [-0.15, -0.1) is 0 Å². The molecule has 0 aliphatic carbocycles. The molecule has 3 aromatic carbocycles. The second-order valence-electron chi connectivity index (χ2n) is 5.76. The third-order valence-electron chi connectivity index (χ3n) is 3.86. The minimum Gasteiger partial charge on any atom is -0.488 e. The molecule has 0 aliphatic rings. The summed E-state index contributed by atoms with van der Waals surface area (Å²) in [6, 6.07) is 23.0. The SMILES string of the molecule is N#C/C(=C/c1ccc(OCc2ccccc2)c(Br)c1)c1ccc(Cl)c(Cl)c1. The predicted molar refractivity (Wildman–Crippen MR) is 115 cm³/mol. The molecule has 0 spiro atoms. The van der Waals surface area contributed by atoms with Crippen molar-refractivity contribution in [3.8, 4) is 11.8 Å². The lowest BCUT2D eigenvalue weighted by Crippen LogP contribution is -1.95. The lowest BCUT2D eigenvalue weighted by Gasteiger charge is -2.09. The van der Waals surface area contributed by atoms with Crippen LogP contribution in [0.4, 0.5) is 0 Å². The first kappa shape index (κ1) is 19.5. The molecular formula is C22H14BrCl2NO. The van der Waals surface area contributed by atoms with Crippen LogP contribution in [0.1, 0.15) is 16.7 Å². The van der Waals surface area contributed by atoms with Crippen molar-refractivity contribution in [3.05, 3.63) is 97.9 Å². The van der Waals surface area contributed by atoms with Crippen LogP contribution in [0.3, 0.4) is 0 Å². The van der Waals surface area contributed by atoms with Crippen molar-refractivity contribution in [1.29, 1.82) is 5.26 Å². The van der Waals surface area contributed by atoms with Crippen LogP contribution < -0.4 is 4.74 Å². The molecule has 0 radical (unpaired) electrons. The highest BCUT2D eigenvalue weighted by Gasteiger charge is 2.07. The smallest absolute Gasteiger partial charge is 0.134 e. The molecule has 0 amide bonds. The Bertz CT molecular complexity index is 1030. The molecule has 3 rings (SSSR count). The van der Waals surface area contributed by atoms with Crippen LogP contribution in [0, 0.1) is 11.3 Å². The first-order valence-corrected chi connectivity index (χ1v) is 9.65. The van der Waals surface area contributed by atoms with Crippen LogP contribution in [0.15, 0.2) is 71.2 Å². The van der Waals surface area contributed by atoms with Gasteiger partial charge in [0.25, 0.3) is 0 Å². The van der Waals surface area contributed by atoms with E-state index in [4.69, 9.17) is 27.9 Å². The van der Waals surface area contributed by atoms with Crippen LogP contribution in [0.25, 0.3) is 11.6 Å². The Morgan fingerprint density at radius 2 is 1.78 bits per heavy atom. The second kappa shape index (κ2) is 9.10. The number of nitrogens with zero attached hydrogens (tertiary/aromatic N) is 1. The molecule has 0 N–H and O–H groups in total. The van der Waals surface area contributed by atoms with E-state index in [1.807, 2.05) is 48.5 Å². The van der Waals surface area contributed by atoms with E-state index >= 15 is 0 Å². The zero-order valence-electron chi connectivity index (χ0n) is 14.1. The van der Waals surface area contributed by atoms with Crippen LogP contribution >= 0.6 is 39.1 Å². The highest BCUT2D eigenvalue weighted by molar-refractivity contribution is 9.10. The minimum atomic E-state index is 0.418. The second-order valence-corrected chi connectivity index (χ2v) is 7.43. The van der Waals surface area contributed by atoms with Crippen molar-refractivity contribution >= 4 is 50.8 Å². The van der Waals surface area contributed by atoms with Gasteiger partial charge in [-0.3, -0.25) is 0 Å². The van der Waals surface area contributed by atoms with Gasteiger partial charge in [-0.25, -0.2) is 0 Å². The fraction of sp³-hybridized carbons (Fsp3) is 0.0455. The maximum atomic E-state index is 9.50. The Hall–Kier alpha value is -2.25. The Labute approximate surface area is 176 Å². The van der Waals surface area contributed by atoms with Gasteiger partial charge >= 0.3 is 0 Å². The van der Waals surface area contributed by atoms with Crippen LogP contribution in [-0.4, -0.2) is 0 Å². The topological polar surface area (TPSA) is 33.0 Å². The number of halogens is 3. The summed E-state index contributed by atoms with van der Waals surface area (Å²) in [6.07, 6.45) is 1.80. The van der Waals surface area contributed by atoms with Gasteiger partial charge in [-0.05, 0) is 63.0 Å². The average molecular weight is 459 g/mol. The van der Waals surface area contributed by atoms with Crippen LogP contribution in [0.2, 0.25) is 10.0 Å². The molecule has 27 heavy (non-hydrogen) atoms. The minimum absolute atomic E-state index is 0.418. The standard InChI is InChI=1S/C22H14BrCl2NO/c23-19-11-16(6-9-22(19)27-14-15-4-2-1-3-5-15)10-18(13-26)17-7-8-20(24)21(25)12-17/h1-12H,14H2/b18-10-. The molecule has 0 atom stereocenters. The summed E-state index contributed by atoms with van der Waals surface area (Å²) in [7, 11) is 0. The lowest BCUT2D eigenvalue weighted by molar-refractivity contribution is 0.304.